The lowest BCUT2D eigenvalue weighted by molar-refractivity contribution is 0.181. The fourth-order valence-electron chi connectivity index (χ4n) is 3.49. The van der Waals surface area contributed by atoms with Crippen molar-refractivity contribution in [3.8, 4) is 0 Å². The number of hydrogen-bond acceptors (Lipinski definition) is 3. The third-order valence-corrected chi connectivity index (χ3v) is 6.67. The third-order valence-electron chi connectivity index (χ3n) is 4.69. The monoisotopic (exact) mass is 369 g/mol. The number of aromatic nitrogens is 1. The van der Waals surface area contributed by atoms with Gasteiger partial charge in [-0.2, -0.15) is 0 Å². The van der Waals surface area contributed by atoms with Crippen molar-refractivity contribution in [1.29, 1.82) is 0 Å². The molecular formula is C18H21Cl2NOS. The predicted molar refractivity (Wildman–Crippen MR) is 97.7 cm³/mol. The lowest BCUT2D eigenvalue weighted by Crippen LogP contribution is -2.30. The summed E-state index contributed by atoms with van der Waals surface area (Å²) >= 11 is 14.0. The highest BCUT2D eigenvalue weighted by molar-refractivity contribution is 7.12. The van der Waals surface area contributed by atoms with Gasteiger partial charge in [0.15, 0.2) is 0 Å². The van der Waals surface area contributed by atoms with E-state index in [2.05, 4.69) is 12.1 Å². The molecule has 1 fully saturated rings. The molecule has 2 nitrogen and oxygen atoms in total. The zero-order valence-electron chi connectivity index (χ0n) is 13.3. The molecule has 1 aromatic heterocycles. The van der Waals surface area contributed by atoms with Crippen LogP contribution in [0.5, 0.6) is 0 Å². The van der Waals surface area contributed by atoms with E-state index in [0.717, 1.165) is 28.4 Å². The van der Waals surface area contributed by atoms with Crippen molar-refractivity contribution in [2.45, 2.75) is 50.0 Å². The molecule has 1 aliphatic rings. The maximum absolute atomic E-state index is 6.13. The van der Waals surface area contributed by atoms with E-state index in [1.807, 2.05) is 12.1 Å². The number of methoxy groups -OCH3 is 1. The van der Waals surface area contributed by atoms with Crippen molar-refractivity contribution in [2.75, 3.05) is 7.11 Å². The molecule has 0 amide bonds. The summed E-state index contributed by atoms with van der Waals surface area (Å²) in [5, 5.41) is 1.96. The van der Waals surface area contributed by atoms with Crippen molar-refractivity contribution in [2.24, 2.45) is 0 Å². The Labute approximate surface area is 151 Å². The number of thiazole rings is 1. The molecule has 1 heterocycles. The van der Waals surface area contributed by atoms with E-state index >= 15 is 0 Å². The van der Waals surface area contributed by atoms with E-state index in [9.17, 15) is 0 Å². The van der Waals surface area contributed by atoms with Crippen molar-refractivity contribution >= 4 is 34.5 Å². The van der Waals surface area contributed by atoms with E-state index in [0.29, 0.717) is 12.5 Å². The van der Waals surface area contributed by atoms with Crippen LogP contribution in [0, 0.1) is 0 Å². The van der Waals surface area contributed by atoms with Crippen molar-refractivity contribution in [1.82, 2.24) is 4.98 Å². The number of ether oxygens (including phenoxy) is 1. The molecule has 23 heavy (non-hydrogen) atoms. The SMILES string of the molecule is COCc1nc(C2(c3ccc(Cl)cc3)CCCCC2)sc1CCl. The minimum absolute atomic E-state index is 0.000303. The highest BCUT2D eigenvalue weighted by Gasteiger charge is 2.39. The molecule has 0 radical (unpaired) electrons. The first-order chi connectivity index (χ1) is 11.2. The van der Waals surface area contributed by atoms with Gasteiger partial charge in [-0.15, -0.1) is 22.9 Å². The molecule has 3 rings (SSSR count). The number of benzene rings is 1. The van der Waals surface area contributed by atoms with Gasteiger partial charge >= 0.3 is 0 Å². The third kappa shape index (κ3) is 3.43. The van der Waals surface area contributed by atoms with Crippen LogP contribution in [0.3, 0.4) is 0 Å². The molecule has 0 saturated heterocycles. The van der Waals surface area contributed by atoms with Crippen molar-refractivity contribution < 1.29 is 4.74 Å². The lowest BCUT2D eigenvalue weighted by atomic mass is 9.70. The molecule has 0 spiro atoms. The first-order valence-corrected chi connectivity index (χ1v) is 9.72. The van der Waals surface area contributed by atoms with Gasteiger partial charge in [-0.3, -0.25) is 0 Å². The Balaban J connectivity index is 2.07. The Morgan fingerprint density at radius 3 is 2.48 bits per heavy atom. The number of alkyl halides is 1. The topological polar surface area (TPSA) is 22.1 Å². The van der Waals surface area contributed by atoms with Gasteiger partial charge < -0.3 is 4.74 Å². The maximum Gasteiger partial charge on any atom is 0.104 e. The average Bonchev–Trinajstić information content (AvgIpc) is 3.00. The molecule has 0 aliphatic heterocycles. The molecule has 124 valence electrons. The van der Waals surface area contributed by atoms with Gasteiger partial charge in [0.05, 0.1) is 18.2 Å². The number of nitrogens with zero attached hydrogens (tertiary/aromatic N) is 1. The Kier molecular flexibility index (Phi) is 5.63. The Morgan fingerprint density at radius 1 is 1.17 bits per heavy atom. The second-order valence-corrected chi connectivity index (χ2v) is 7.89. The molecule has 0 bridgehead atoms. The van der Waals surface area contributed by atoms with Crippen LogP contribution in [0.25, 0.3) is 0 Å². The highest BCUT2D eigenvalue weighted by atomic mass is 35.5. The number of halogens is 2. The van der Waals surface area contributed by atoms with Gasteiger partial charge in [-0.25, -0.2) is 4.98 Å². The zero-order chi connectivity index (χ0) is 16.3. The standard InChI is InChI=1S/C18H21Cl2NOS/c1-22-12-15-16(11-19)23-17(21-15)18(9-3-2-4-10-18)13-5-7-14(20)8-6-13/h5-8H,2-4,9-12H2,1H3. The molecule has 5 heteroatoms. The first kappa shape index (κ1) is 17.2. The summed E-state index contributed by atoms with van der Waals surface area (Å²) in [6.07, 6.45) is 6.04. The van der Waals surface area contributed by atoms with Gasteiger partial charge in [0.1, 0.15) is 5.01 Å². The van der Waals surface area contributed by atoms with Crippen LogP contribution in [0.15, 0.2) is 24.3 Å². The molecule has 1 aliphatic carbocycles. The van der Waals surface area contributed by atoms with E-state index in [1.165, 1.54) is 29.8 Å². The molecule has 1 saturated carbocycles. The number of rotatable bonds is 5. The van der Waals surface area contributed by atoms with E-state index in [1.54, 1.807) is 18.4 Å². The van der Waals surface area contributed by atoms with Crippen LogP contribution < -0.4 is 0 Å². The maximum atomic E-state index is 6.13. The smallest absolute Gasteiger partial charge is 0.104 e. The highest BCUT2D eigenvalue weighted by Crippen LogP contribution is 2.47. The van der Waals surface area contributed by atoms with Gasteiger partial charge in [-0.05, 0) is 30.5 Å². The Bertz CT molecular complexity index is 648. The fraction of sp³-hybridized carbons (Fsp3) is 0.500. The van der Waals surface area contributed by atoms with Crippen LogP contribution in [-0.4, -0.2) is 12.1 Å². The van der Waals surface area contributed by atoms with Gasteiger partial charge in [0.2, 0.25) is 0 Å². The van der Waals surface area contributed by atoms with Crippen LogP contribution in [0.1, 0.15) is 53.2 Å². The first-order valence-electron chi connectivity index (χ1n) is 7.99. The van der Waals surface area contributed by atoms with E-state index < -0.39 is 0 Å². The van der Waals surface area contributed by atoms with Gasteiger partial charge in [0.25, 0.3) is 0 Å². The minimum Gasteiger partial charge on any atom is -0.378 e. The van der Waals surface area contributed by atoms with Gasteiger partial charge in [-0.1, -0.05) is 43.0 Å². The normalized spacial score (nSPS) is 17.3. The summed E-state index contributed by atoms with van der Waals surface area (Å²) in [7, 11) is 1.70. The molecular weight excluding hydrogens is 349 g/mol. The summed E-state index contributed by atoms with van der Waals surface area (Å²) < 4.78 is 5.29. The van der Waals surface area contributed by atoms with Crippen LogP contribution in [0.4, 0.5) is 0 Å². The van der Waals surface area contributed by atoms with E-state index in [-0.39, 0.29) is 5.41 Å². The lowest BCUT2D eigenvalue weighted by Gasteiger charge is -2.36. The molecule has 0 N–H and O–H groups in total. The second-order valence-electron chi connectivity index (χ2n) is 6.11. The fourth-order valence-corrected chi connectivity index (χ4v) is 5.12. The van der Waals surface area contributed by atoms with Crippen LogP contribution in [-0.2, 0) is 22.6 Å². The van der Waals surface area contributed by atoms with Gasteiger partial charge in [0, 0.05) is 22.4 Å². The molecule has 2 aromatic rings. The quantitative estimate of drug-likeness (QED) is 0.609. The second kappa shape index (κ2) is 7.52. The van der Waals surface area contributed by atoms with Crippen molar-refractivity contribution in [3.63, 3.8) is 0 Å². The molecule has 0 atom stereocenters. The number of hydrogen-bond donors (Lipinski definition) is 0. The molecule has 0 unspecified atom stereocenters. The largest absolute Gasteiger partial charge is 0.378 e. The Hall–Kier alpha value is -0.610. The summed E-state index contributed by atoms with van der Waals surface area (Å²) in [5.74, 6) is 0.493. The molecule has 1 aromatic carbocycles. The van der Waals surface area contributed by atoms with Crippen LogP contribution in [0.2, 0.25) is 5.02 Å². The summed E-state index contributed by atoms with van der Waals surface area (Å²) in [5.41, 5.74) is 2.31. The predicted octanol–water partition coefficient (Wildman–Crippen LogP) is 5.93. The summed E-state index contributed by atoms with van der Waals surface area (Å²) in [6, 6.07) is 8.29. The van der Waals surface area contributed by atoms with Crippen LogP contribution >= 0.6 is 34.5 Å². The van der Waals surface area contributed by atoms with Crippen molar-refractivity contribution in [3.05, 3.63) is 50.4 Å². The minimum atomic E-state index is 0.000303. The van der Waals surface area contributed by atoms with E-state index in [4.69, 9.17) is 32.9 Å². The summed E-state index contributed by atoms with van der Waals surface area (Å²) in [4.78, 5) is 6.07. The zero-order valence-corrected chi connectivity index (χ0v) is 15.6. The average molecular weight is 370 g/mol. The summed E-state index contributed by atoms with van der Waals surface area (Å²) in [6.45, 7) is 0.523. The Morgan fingerprint density at radius 2 is 1.87 bits per heavy atom.